The van der Waals surface area contributed by atoms with Crippen molar-refractivity contribution in [2.24, 2.45) is 5.92 Å². The van der Waals surface area contributed by atoms with Crippen LogP contribution in [0.15, 0.2) is 0 Å². The zero-order valence-corrected chi connectivity index (χ0v) is 5.96. The fraction of sp³-hybridized carbons (Fsp3) is 0.800. The molecule has 0 N–H and O–H groups in total. The van der Waals surface area contributed by atoms with Crippen molar-refractivity contribution in [1.82, 2.24) is 0 Å². The molecule has 60 valence electrons. The molecule has 0 spiro atoms. The standard InChI is InChI=1S/C5H6ClF3O/c1-3(2-4(6)10)5(7,8)9/h3H,2H2,1H3. The largest absolute Gasteiger partial charge is 0.392 e. The van der Waals surface area contributed by atoms with Crippen molar-refractivity contribution in [2.45, 2.75) is 19.5 Å². The van der Waals surface area contributed by atoms with Crippen LogP contribution in [-0.2, 0) is 4.79 Å². The minimum Gasteiger partial charge on any atom is -0.281 e. The number of carbonyl (C=O) groups is 1. The molecule has 0 saturated heterocycles. The zero-order valence-electron chi connectivity index (χ0n) is 5.20. The van der Waals surface area contributed by atoms with Crippen LogP contribution in [0.2, 0.25) is 0 Å². The van der Waals surface area contributed by atoms with E-state index in [0.717, 1.165) is 6.92 Å². The van der Waals surface area contributed by atoms with Crippen molar-refractivity contribution >= 4 is 16.8 Å². The molecule has 0 fully saturated rings. The smallest absolute Gasteiger partial charge is 0.281 e. The molecule has 1 nitrogen and oxygen atoms in total. The molecule has 0 aliphatic rings. The van der Waals surface area contributed by atoms with Gasteiger partial charge in [0, 0.05) is 6.42 Å². The number of carbonyl (C=O) groups excluding carboxylic acids is 1. The van der Waals surface area contributed by atoms with Gasteiger partial charge in [0.15, 0.2) is 0 Å². The summed E-state index contributed by atoms with van der Waals surface area (Å²) in [6.07, 6.45) is -4.96. The van der Waals surface area contributed by atoms with Gasteiger partial charge in [-0.2, -0.15) is 13.2 Å². The third-order valence-corrected chi connectivity index (χ3v) is 1.18. The van der Waals surface area contributed by atoms with Crippen LogP contribution in [-0.4, -0.2) is 11.4 Å². The van der Waals surface area contributed by atoms with Crippen LogP contribution in [0, 0.1) is 5.92 Å². The van der Waals surface area contributed by atoms with Crippen LogP contribution >= 0.6 is 11.6 Å². The van der Waals surface area contributed by atoms with Gasteiger partial charge in [0.1, 0.15) is 0 Å². The van der Waals surface area contributed by atoms with Crippen molar-refractivity contribution in [2.75, 3.05) is 0 Å². The maximum absolute atomic E-state index is 11.6. The maximum Gasteiger partial charge on any atom is 0.392 e. The van der Waals surface area contributed by atoms with E-state index in [9.17, 15) is 18.0 Å². The highest BCUT2D eigenvalue weighted by molar-refractivity contribution is 6.63. The first-order valence-corrected chi connectivity index (χ1v) is 2.97. The van der Waals surface area contributed by atoms with Gasteiger partial charge in [0.05, 0.1) is 5.92 Å². The Bertz CT molecular complexity index is 131. The molecule has 1 atom stereocenters. The molecule has 5 heteroatoms. The van der Waals surface area contributed by atoms with Crippen LogP contribution in [0.1, 0.15) is 13.3 Å². The van der Waals surface area contributed by atoms with Gasteiger partial charge >= 0.3 is 6.18 Å². The minimum atomic E-state index is -4.31. The summed E-state index contributed by atoms with van der Waals surface area (Å²) >= 11 is 4.74. The summed E-state index contributed by atoms with van der Waals surface area (Å²) in [5, 5.41) is -0.954. The lowest BCUT2D eigenvalue weighted by Gasteiger charge is -2.12. The van der Waals surface area contributed by atoms with Gasteiger partial charge in [-0.25, -0.2) is 0 Å². The normalized spacial score (nSPS) is 14.9. The van der Waals surface area contributed by atoms with Crippen LogP contribution in [0.4, 0.5) is 13.2 Å². The third kappa shape index (κ3) is 3.71. The van der Waals surface area contributed by atoms with E-state index in [1.807, 2.05) is 0 Å². The van der Waals surface area contributed by atoms with Crippen molar-refractivity contribution in [1.29, 1.82) is 0 Å². The van der Waals surface area contributed by atoms with Crippen molar-refractivity contribution in [3.05, 3.63) is 0 Å². The highest BCUT2D eigenvalue weighted by Gasteiger charge is 2.36. The van der Waals surface area contributed by atoms with Gasteiger partial charge < -0.3 is 0 Å². The molecule has 0 saturated carbocycles. The molecule has 10 heavy (non-hydrogen) atoms. The summed E-state index contributed by atoms with van der Waals surface area (Å²) in [7, 11) is 0. The van der Waals surface area contributed by atoms with Gasteiger partial charge in [-0.1, -0.05) is 6.92 Å². The average molecular weight is 175 g/mol. The quantitative estimate of drug-likeness (QED) is 0.588. The van der Waals surface area contributed by atoms with E-state index < -0.39 is 23.8 Å². The van der Waals surface area contributed by atoms with E-state index in [4.69, 9.17) is 11.6 Å². The summed E-state index contributed by atoms with van der Waals surface area (Å²) < 4.78 is 34.8. The molecule has 0 aromatic rings. The monoisotopic (exact) mass is 174 g/mol. The molecule has 0 heterocycles. The fourth-order valence-corrected chi connectivity index (χ4v) is 0.588. The molecule has 0 aliphatic carbocycles. The second-order valence-electron chi connectivity index (χ2n) is 2.00. The van der Waals surface area contributed by atoms with E-state index in [1.165, 1.54) is 0 Å². The van der Waals surface area contributed by atoms with Crippen LogP contribution in [0.3, 0.4) is 0 Å². The first-order chi connectivity index (χ1) is 4.34. The van der Waals surface area contributed by atoms with Crippen molar-refractivity contribution in [3.63, 3.8) is 0 Å². The summed E-state index contributed by atoms with van der Waals surface area (Å²) in [6.45, 7) is 0.917. The average Bonchev–Trinajstić information content (AvgIpc) is 1.60. The maximum atomic E-state index is 11.6. The van der Waals surface area contributed by atoms with Crippen LogP contribution < -0.4 is 0 Å². The molecular formula is C5H6ClF3O. The van der Waals surface area contributed by atoms with Crippen molar-refractivity contribution in [3.8, 4) is 0 Å². The minimum absolute atomic E-state index is 0.648. The Morgan fingerprint density at radius 3 is 2.10 bits per heavy atom. The molecule has 0 radical (unpaired) electrons. The summed E-state index contributed by atoms with van der Waals surface area (Å²) in [4.78, 5) is 9.97. The van der Waals surface area contributed by atoms with Crippen molar-refractivity contribution < 1.29 is 18.0 Å². The topological polar surface area (TPSA) is 17.1 Å². The Kier molecular flexibility index (Phi) is 3.15. The van der Waals surface area contributed by atoms with E-state index in [0.29, 0.717) is 0 Å². The van der Waals surface area contributed by atoms with Gasteiger partial charge in [-0.15, -0.1) is 0 Å². The highest BCUT2D eigenvalue weighted by Crippen LogP contribution is 2.28. The summed E-state index contributed by atoms with van der Waals surface area (Å²) in [5.41, 5.74) is 0. The number of alkyl halides is 3. The molecule has 0 amide bonds. The molecule has 1 unspecified atom stereocenters. The summed E-state index contributed by atoms with van der Waals surface area (Å²) in [5.74, 6) is -1.64. The second-order valence-corrected chi connectivity index (χ2v) is 2.42. The predicted octanol–water partition coefficient (Wildman–Crippen LogP) is 2.34. The Morgan fingerprint density at radius 2 is 2.00 bits per heavy atom. The molecule has 0 bridgehead atoms. The Balaban J connectivity index is 3.85. The SMILES string of the molecule is CC(CC(=O)Cl)C(F)(F)F. The fourth-order valence-electron chi connectivity index (χ4n) is 0.356. The van der Waals surface area contributed by atoms with Gasteiger partial charge in [0.25, 0.3) is 0 Å². The van der Waals surface area contributed by atoms with Crippen LogP contribution in [0.25, 0.3) is 0 Å². The van der Waals surface area contributed by atoms with E-state index in [1.54, 1.807) is 0 Å². The molecule has 0 aromatic heterocycles. The zero-order chi connectivity index (χ0) is 8.36. The highest BCUT2D eigenvalue weighted by atomic mass is 35.5. The van der Waals surface area contributed by atoms with Gasteiger partial charge in [-0.3, -0.25) is 4.79 Å². The van der Waals surface area contributed by atoms with E-state index >= 15 is 0 Å². The van der Waals surface area contributed by atoms with Gasteiger partial charge in [0.2, 0.25) is 5.24 Å². The first-order valence-electron chi connectivity index (χ1n) is 2.59. The third-order valence-electron chi connectivity index (χ3n) is 1.03. The van der Waals surface area contributed by atoms with E-state index in [2.05, 4.69) is 0 Å². The Labute approximate surface area is 61.2 Å². The number of hydrogen-bond donors (Lipinski definition) is 0. The molecular weight excluding hydrogens is 169 g/mol. The molecule has 0 aromatic carbocycles. The van der Waals surface area contributed by atoms with Gasteiger partial charge in [-0.05, 0) is 11.6 Å². The second kappa shape index (κ2) is 3.23. The molecule has 0 rings (SSSR count). The van der Waals surface area contributed by atoms with Crippen LogP contribution in [0.5, 0.6) is 0 Å². The predicted molar refractivity (Wildman–Crippen MR) is 30.7 cm³/mol. The number of hydrogen-bond acceptors (Lipinski definition) is 1. The lowest BCUT2D eigenvalue weighted by Crippen LogP contribution is -2.21. The summed E-state index contributed by atoms with van der Waals surface area (Å²) in [6, 6.07) is 0. The lowest BCUT2D eigenvalue weighted by molar-refractivity contribution is -0.172. The first kappa shape index (κ1) is 9.75. The Morgan fingerprint density at radius 1 is 1.60 bits per heavy atom. The Hall–Kier alpha value is -0.250. The molecule has 0 aliphatic heterocycles. The van der Waals surface area contributed by atoms with E-state index in [-0.39, 0.29) is 0 Å². The number of halogens is 4. The number of rotatable bonds is 2. The lowest BCUT2D eigenvalue weighted by atomic mass is 10.1.